The van der Waals surface area contributed by atoms with Crippen LogP contribution < -0.4 is 0 Å². The fourth-order valence-electron chi connectivity index (χ4n) is 2.94. The molecule has 0 bridgehead atoms. The van der Waals surface area contributed by atoms with Crippen molar-refractivity contribution in [3.63, 3.8) is 0 Å². The molecule has 0 aromatic rings. The first-order valence-electron chi connectivity index (χ1n) is 6.61. The summed E-state index contributed by atoms with van der Waals surface area (Å²) in [6, 6.07) is 0. The van der Waals surface area contributed by atoms with Crippen molar-refractivity contribution in [3.8, 4) is 0 Å². The van der Waals surface area contributed by atoms with E-state index in [1.54, 1.807) is 0 Å². The number of rotatable bonds is 4. The van der Waals surface area contributed by atoms with Crippen LogP contribution in [0.5, 0.6) is 0 Å². The molecule has 2 unspecified atom stereocenters. The monoisotopic (exact) mass is 212 g/mol. The van der Waals surface area contributed by atoms with E-state index in [0.717, 1.165) is 12.8 Å². The fraction of sp³-hybridized carbons (Fsp3) is 1.00. The number of aliphatic hydroxyl groups excluding tert-OH is 1. The van der Waals surface area contributed by atoms with Gasteiger partial charge < -0.3 is 5.11 Å². The minimum absolute atomic E-state index is 0.0669. The van der Waals surface area contributed by atoms with Crippen molar-refractivity contribution in [3.05, 3.63) is 0 Å². The zero-order valence-corrected chi connectivity index (χ0v) is 10.9. The average Bonchev–Trinajstić information content (AvgIpc) is 2.13. The van der Waals surface area contributed by atoms with E-state index in [0.29, 0.717) is 17.3 Å². The first kappa shape index (κ1) is 13.0. The maximum Gasteiger partial charge on any atom is 0.0573 e. The smallest absolute Gasteiger partial charge is 0.0573 e. The molecule has 0 spiro atoms. The highest BCUT2D eigenvalue weighted by atomic mass is 16.3. The van der Waals surface area contributed by atoms with Crippen LogP contribution in [-0.2, 0) is 0 Å². The summed E-state index contributed by atoms with van der Waals surface area (Å²) >= 11 is 0. The van der Waals surface area contributed by atoms with E-state index in [-0.39, 0.29) is 6.10 Å². The van der Waals surface area contributed by atoms with Crippen LogP contribution >= 0.6 is 0 Å². The molecule has 1 rings (SSSR count). The predicted octanol–water partition coefficient (Wildman–Crippen LogP) is 4.00. The Labute approximate surface area is 95.3 Å². The van der Waals surface area contributed by atoms with Crippen molar-refractivity contribution in [2.45, 2.75) is 72.3 Å². The molecular formula is C14H28O. The third-order valence-electron chi connectivity index (χ3n) is 4.09. The lowest BCUT2D eigenvalue weighted by molar-refractivity contribution is -0.00181. The van der Waals surface area contributed by atoms with Crippen molar-refractivity contribution in [2.24, 2.45) is 17.3 Å². The van der Waals surface area contributed by atoms with Crippen LogP contribution in [0.15, 0.2) is 0 Å². The average molecular weight is 212 g/mol. The summed E-state index contributed by atoms with van der Waals surface area (Å²) in [6.07, 6.45) is 7.26. The van der Waals surface area contributed by atoms with Gasteiger partial charge in [0.2, 0.25) is 0 Å². The van der Waals surface area contributed by atoms with Gasteiger partial charge in [-0.1, -0.05) is 40.5 Å². The van der Waals surface area contributed by atoms with E-state index in [1.807, 2.05) is 0 Å². The first-order chi connectivity index (χ1) is 6.93. The minimum atomic E-state index is -0.0669. The van der Waals surface area contributed by atoms with Gasteiger partial charge in [0.25, 0.3) is 0 Å². The highest BCUT2D eigenvalue weighted by Crippen LogP contribution is 2.43. The number of hydrogen-bond acceptors (Lipinski definition) is 1. The van der Waals surface area contributed by atoms with E-state index < -0.39 is 0 Å². The molecule has 1 aliphatic rings. The van der Waals surface area contributed by atoms with Gasteiger partial charge in [-0.15, -0.1) is 0 Å². The van der Waals surface area contributed by atoms with Crippen LogP contribution in [-0.4, -0.2) is 11.2 Å². The SMILES string of the molecule is CC(C)CCC(O)C1CCCCC1(C)C. The van der Waals surface area contributed by atoms with Gasteiger partial charge in [-0.3, -0.25) is 0 Å². The second-order valence-electron chi connectivity index (χ2n) is 6.38. The van der Waals surface area contributed by atoms with Crippen molar-refractivity contribution in [1.29, 1.82) is 0 Å². The van der Waals surface area contributed by atoms with Gasteiger partial charge in [0.05, 0.1) is 6.10 Å². The summed E-state index contributed by atoms with van der Waals surface area (Å²) in [5, 5.41) is 10.3. The molecule has 15 heavy (non-hydrogen) atoms. The summed E-state index contributed by atoms with van der Waals surface area (Å²) in [6.45, 7) is 9.13. The van der Waals surface area contributed by atoms with Crippen LogP contribution in [0, 0.1) is 17.3 Å². The highest BCUT2D eigenvalue weighted by molar-refractivity contribution is 4.87. The van der Waals surface area contributed by atoms with Gasteiger partial charge in [0, 0.05) is 0 Å². The Hall–Kier alpha value is -0.0400. The standard InChI is InChI=1S/C14H28O/c1-11(2)8-9-13(15)12-7-5-6-10-14(12,3)4/h11-13,15H,5-10H2,1-4H3. The molecular weight excluding hydrogens is 184 g/mol. The second kappa shape index (κ2) is 5.34. The Morgan fingerprint density at radius 3 is 2.40 bits per heavy atom. The summed E-state index contributed by atoms with van der Waals surface area (Å²) in [5.74, 6) is 1.25. The van der Waals surface area contributed by atoms with Gasteiger partial charge in [-0.2, -0.15) is 0 Å². The molecule has 0 aliphatic heterocycles. The number of aliphatic hydroxyl groups is 1. The summed E-state index contributed by atoms with van der Waals surface area (Å²) < 4.78 is 0. The highest BCUT2D eigenvalue weighted by Gasteiger charge is 2.36. The predicted molar refractivity (Wildman–Crippen MR) is 65.8 cm³/mol. The van der Waals surface area contributed by atoms with Crippen LogP contribution in [0.25, 0.3) is 0 Å². The largest absolute Gasteiger partial charge is 0.393 e. The molecule has 0 saturated heterocycles. The molecule has 2 atom stereocenters. The molecule has 1 N–H and O–H groups in total. The molecule has 1 aliphatic carbocycles. The molecule has 1 heteroatoms. The van der Waals surface area contributed by atoms with E-state index >= 15 is 0 Å². The number of hydrogen-bond donors (Lipinski definition) is 1. The summed E-state index contributed by atoms with van der Waals surface area (Å²) in [5.41, 5.74) is 0.356. The Morgan fingerprint density at radius 2 is 1.87 bits per heavy atom. The molecule has 0 radical (unpaired) electrons. The van der Waals surface area contributed by atoms with Crippen molar-refractivity contribution < 1.29 is 5.11 Å². The van der Waals surface area contributed by atoms with E-state index in [9.17, 15) is 5.11 Å². The van der Waals surface area contributed by atoms with E-state index in [4.69, 9.17) is 0 Å². The normalized spacial score (nSPS) is 28.0. The first-order valence-corrected chi connectivity index (χ1v) is 6.61. The molecule has 0 heterocycles. The molecule has 0 amide bonds. The lowest BCUT2D eigenvalue weighted by Crippen LogP contribution is -2.36. The Bertz CT molecular complexity index is 184. The van der Waals surface area contributed by atoms with Gasteiger partial charge in [-0.25, -0.2) is 0 Å². The quantitative estimate of drug-likeness (QED) is 0.747. The van der Waals surface area contributed by atoms with Crippen molar-refractivity contribution in [2.75, 3.05) is 0 Å². The molecule has 1 fully saturated rings. The van der Waals surface area contributed by atoms with Crippen LogP contribution in [0.4, 0.5) is 0 Å². The van der Waals surface area contributed by atoms with Crippen molar-refractivity contribution in [1.82, 2.24) is 0 Å². The van der Waals surface area contributed by atoms with E-state index in [1.165, 1.54) is 25.7 Å². The minimum Gasteiger partial charge on any atom is -0.393 e. The zero-order valence-electron chi connectivity index (χ0n) is 10.9. The fourth-order valence-corrected chi connectivity index (χ4v) is 2.94. The summed E-state index contributed by atoms with van der Waals surface area (Å²) in [7, 11) is 0. The maximum absolute atomic E-state index is 10.3. The molecule has 0 aromatic carbocycles. The third kappa shape index (κ3) is 3.79. The zero-order chi connectivity index (χ0) is 11.5. The molecule has 1 saturated carbocycles. The summed E-state index contributed by atoms with van der Waals surface area (Å²) in [4.78, 5) is 0. The Morgan fingerprint density at radius 1 is 1.20 bits per heavy atom. The Kier molecular flexibility index (Phi) is 4.64. The van der Waals surface area contributed by atoms with Gasteiger partial charge in [-0.05, 0) is 42.9 Å². The van der Waals surface area contributed by atoms with Crippen LogP contribution in [0.2, 0.25) is 0 Å². The van der Waals surface area contributed by atoms with E-state index in [2.05, 4.69) is 27.7 Å². The Balaban J connectivity index is 2.45. The topological polar surface area (TPSA) is 20.2 Å². The van der Waals surface area contributed by atoms with Gasteiger partial charge >= 0.3 is 0 Å². The van der Waals surface area contributed by atoms with Gasteiger partial charge in [0.15, 0.2) is 0 Å². The molecule has 0 aromatic heterocycles. The maximum atomic E-state index is 10.3. The van der Waals surface area contributed by atoms with Crippen LogP contribution in [0.3, 0.4) is 0 Å². The molecule has 1 nitrogen and oxygen atoms in total. The third-order valence-corrected chi connectivity index (χ3v) is 4.09. The lowest BCUT2D eigenvalue weighted by Gasteiger charge is -2.41. The molecule has 90 valence electrons. The second-order valence-corrected chi connectivity index (χ2v) is 6.38. The van der Waals surface area contributed by atoms with Crippen molar-refractivity contribution >= 4 is 0 Å². The lowest BCUT2D eigenvalue weighted by atomic mass is 9.66. The van der Waals surface area contributed by atoms with Crippen LogP contribution in [0.1, 0.15) is 66.2 Å². The van der Waals surface area contributed by atoms with Gasteiger partial charge in [0.1, 0.15) is 0 Å².